The van der Waals surface area contributed by atoms with E-state index in [-0.39, 0.29) is 0 Å². The van der Waals surface area contributed by atoms with Crippen LogP contribution in [0.2, 0.25) is 3.21 Å². The molecule has 2 aromatic rings. The van der Waals surface area contributed by atoms with E-state index in [0.717, 1.165) is 11.8 Å². The molecule has 4 rings (SSSR count). The molecule has 25 heavy (non-hydrogen) atoms. The minimum absolute atomic E-state index is 0.439. The number of rotatable bonds is 4. The normalized spacial score (nSPS) is 23.6. The van der Waals surface area contributed by atoms with Gasteiger partial charge in [-0.15, -0.1) is 0 Å². The summed E-state index contributed by atoms with van der Waals surface area (Å²) in [4.78, 5) is 0. The first-order valence-corrected chi connectivity index (χ1v) is 12.4. The van der Waals surface area contributed by atoms with E-state index in [1.807, 2.05) is 0 Å². The van der Waals surface area contributed by atoms with Gasteiger partial charge in [0, 0.05) is 0 Å². The average molecular weight is 458 g/mol. The first-order valence-electron chi connectivity index (χ1n) is 9.02. The molecule has 2 atom stereocenters. The molecule has 1 fully saturated rings. The molecule has 2 aliphatic carbocycles. The Balaban J connectivity index is 1.72. The SMILES string of the molecule is Cc1ccc([Se]C2([Se]c3ccc(C)cc3)C3C=CC=CC2CC3)cc1. The van der Waals surface area contributed by atoms with E-state index in [1.54, 1.807) is 8.92 Å². The molecule has 2 aliphatic rings. The Kier molecular flexibility index (Phi) is 5.07. The van der Waals surface area contributed by atoms with Crippen LogP contribution in [0, 0.1) is 25.7 Å². The van der Waals surface area contributed by atoms with Gasteiger partial charge in [0.05, 0.1) is 0 Å². The van der Waals surface area contributed by atoms with E-state index in [9.17, 15) is 0 Å². The predicted octanol–water partition coefficient (Wildman–Crippen LogP) is 3.93. The van der Waals surface area contributed by atoms with Crippen LogP contribution >= 0.6 is 0 Å². The Hall–Kier alpha value is -1.04. The van der Waals surface area contributed by atoms with Crippen LogP contribution in [0.15, 0.2) is 72.8 Å². The van der Waals surface area contributed by atoms with Gasteiger partial charge < -0.3 is 0 Å². The number of benzene rings is 2. The first kappa shape index (κ1) is 17.4. The van der Waals surface area contributed by atoms with Gasteiger partial charge in [0.2, 0.25) is 0 Å². The summed E-state index contributed by atoms with van der Waals surface area (Å²) in [6.45, 7) is 4.37. The summed E-state index contributed by atoms with van der Waals surface area (Å²) < 4.78 is 3.56. The topological polar surface area (TPSA) is 0 Å². The van der Waals surface area contributed by atoms with E-state index >= 15 is 0 Å². The molecule has 0 aromatic heterocycles. The van der Waals surface area contributed by atoms with Crippen molar-refractivity contribution in [2.75, 3.05) is 0 Å². The van der Waals surface area contributed by atoms with Gasteiger partial charge in [0.15, 0.2) is 0 Å². The minimum atomic E-state index is 0.439. The molecule has 0 N–H and O–H groups in total. The summed E-state index contributed by atoms with van der Waals surface area (Å²) >= 11 is 0.993. The average Bonchev–Trinajstić information content (AvgIpc) is 2.80. The number of hydrogen-bond donors (Lipinski definition) is 0. The van der Waals surface area contributed by atoms with Gasteiger partial charge in [-0.1, -0.05) is 0 Å². The quantitative estimate of drug-likeness (QED) is 0.610. The Bertz CT molecular complexity index is 714. The molecular formula is C23H24Se2. The van der Waals surface area contributed by atoms with Gasteiger partial charge in [-0.05, 0) is 0 Å². The Morgan fingerprint density at radius 2 is 1.08 bits per heavy atom. The third-order valence-corrected chi connectivity index (χ3v) is 13.0. The Morgan fingerprint density at radius 1 is 0.680 bits per heavy atom. The summed E-state index contributed by atoms with van der Waals surface area (Å²) in [7, 11) is 0. The van der Waals surface area contributed by atoms with Crippen LogP contribution in [-0.2, 0) is 0 Å². The molecule has 0 radical (unpaired) electrons. The molecule has 128 valence electrons. The van der Waals surface area contributed by atoms with Crippen LogP contribution in [0.4, 0.5) is 0 Å². The maximum atomic E-state index is 2.51. The van der Waals surface area contributed by atoms with Crippen molar-refractivity contribution in [3.8, 4) is 0 Å². The van der Waals surface area contributed by atoms with Crippen LogP contribution in [0.1, 0.15) is 24.0 Å². The number of aryl methyl sites for hydroxylation is 2. The molecule has 0 heterocycles. The Morgan fingerprint density at radius 3 is 1.48 bits per heavy atom. The van der Waals surface area contributed by atoms with Gasteiger partial charge in [0.25, 0.3) is 0 Å². The maximum absolute atomic E-state index is 2.51. The monoisotopic (exact) mass is 460 g/mol. The van der Waals surface area contributed by atoms with Crippen molar-refractivity contribution in [2.24, 2.45) is 11.8 Å². The van der Waals surface area contributed by atoms with Crippen LogP contribution in [0.5, 0.6) is 0 Å². The van der Waals surface area contributed by atoms with Crippen molar-refractivity contribution in [1.82, 2.24) is 0 Å². The molecule has 2 heteroatoms. The zero-order valence-electron chi connectivity index (χ0n) is 14.8. The molecular weight excluding hydrogens is 434 g/mol. The van der Waals surface area contributed by atoms with Crippen LogP contribution in [0.3, 0.4) is 0 Å². The van der Waals surface area contributed by atoms with E-state index in [1.165, 1.54) is 24.0 Å². The van der Waals surface area contributed by atoms with Crippen molar-refractivity contribution in [2.45, 2.75) is 29.9 Å². The summed E-state index contributed by atoms with van der Waals surface area (Å²) in [6, 6.07) is 18.6. The summed E-state index contributed by atoms with van der Waals surface area (Å²) in [6.07, 6.45) is 12.3. The molecule has 0 amide bonds. The summed E-state index contributed by atoms with van der Waals surface area (Å²) in [5.74, 6) is 1.46. The van der Waals surface area contributed by atoms with Gasteiger partial charge in [0.1, 0.15) is 0 Å². The number of fused-ring (bicyclic) bond motifs is 2. The van der Waals surface area contributed by atoms with Crippen LogP contribution < -0.4 is 8.92 Å². The van der Waals surface area contributed by atoms with Gasteiger partial charge in [-0.25, -0.2) is 0 Å². The molecule has 0 saturated heterocycles. The van der Waals surface area contributed by atoms with Crippen molar-refractivity contribution in [1.29, 1.82) is 0 Å². The summed E-state index contributed by atoms with van der Waals surface area (Å²) in [5.41, 5.74) is 2.72. The van der Waals surface area contributed by atoms with Crippen molar-refractivity contribution < 1.29 is 0 Å². The van der Waals surface area contributed by atoms with E-state index in [2.05, 4.69) is 86.7 Å². The predicted molar refractivity (Wildman–Crippen MR) is 110 cm³/mol. The fraction of sp³-hybridized carbons (Fsp3) is 0.304. The summed E-state index contributed by atoms with van der Waals surface area (Å²) in [5, 5.41) is 0. The second kappa shape index (κ2) is 7.29. The molecule has 0 spiro atoms. The first-order chi connectivity index (χ1) is 12.2. The molecule has 2 aromatic carbocycles. The zero-order valence-corrected chi connectivity index (χ0v) is 18.2. The fourth-order valence-electron chi connectivity index (χ4n) is 3.80. The second-order valence-corrected chi connectivity index (χ2v) is 14.1. The third kappa shape index (κ3) is 3.60. The number of allylic oxidation sites excluding steroid dienone is 4. The van der Waals surface area contributed by atoms with Gasteiger partial charge in [-0.3, -0.25) is 0 Å². The Labute approximate surface area is 164 Å². The molecule has 1 saturated carbocycles. The van der Waals surface area contributed by atoms with Crippen molar-refractivity contribution in [3.05, 3.63) is 84.0 Å². The molecule has 2 bridgehead atoms. The van der Waals surface area contributed by atoms with Crippen molar-refractivity contribution in [3.63, 3.8) is 0 Å². The van der Waals surface area contributed by atoms with E-state index < -0.39 is 0 Å². The molecule has 2 unspecified atom stereocenters. The van der Waals surface area contributed by atoms with Crippen LogP contribution in [0.25, 0.3) is 0 Å². The van der Waals surface area contributed by atoms with Gasteiger partial charge >= 0.3 is 165 Å². The number of hydrogen-bond acceptors (Lipinski definition) is 0. The van der Waals surface area contributed by atoms with Crippen molar-refractivity contribution >= 4 is 38.8 Å². The molecule has 0 aliphatic heterocycles. The third-order valence-electron chi connectivity index (χ3n) is 5.22. The fourth-order valence-corrected chi connectivity index (χ4v) is 12.0. The molecule has 0 nitrogen and oxygen atoms in total. The van der Waals surface area contributed by atoms with E-state index in [0.29, 0.717) is 33.1 Å². The standard InChI is InChI=1S/C23H24Se2/c1-17-7-13-21(14-8-17)24-23(25-22-15-9-18(2)10-16-22)19-5-3-4-6-20(23)12-11-19/h3-10,13-16,19-20H,11-12H2,1-2H3. The zero-order chi connectivity index (χ0) is 17.3. The second-order valence-electron chi connectivity index (χ2n) is 7.11. The van der Waals surface area contributed by atoms with Crippen LogP contribution in [-0.4, -0.2) is 29.9 Å². The van der Waals surface area contributed by atoms with E-state index in [4.69, 9.17) is 0 Å². The van der Waals surface area contributed by atoms with Gasteiger partial charge in [-0.2, -0.15) is 0 Å².